The molecule has 1 aliphatic carbocycles. The number of rotatable bonds is 8. The zero-order valence-corrected chi connectivity index (χ0v) is 18.8. The molecular weight excluding hydrogens is 410 g/mol. The van der Waals surface area contributed by atoms with Crippen LogP contribution in [-0.4, -0.2) is 47.0 Å². The van der Waals surface area contributed by atoms with E-state index >= 15 is 0 Å². The first kappa shape index (κ1) is 21.8. The standard InChI is InChI=1S/C24H29N3O3S/c1-16-6-7-18(21(10-16)24(30)17-4-2-3-5-17)11-20(28)12-23-26-19(15-31-23)13-27-9-8-25-22(29)14-27/h6-7,10,15,17H,2-5,8-9,11-14H2,1H3,(H,25,29). The van der Waals surface area contributed by atoms with Crippen molar-refractivity contribution in [1.82, 2.24) is 15.2 Å². The molecule has 1 saturated carbocycles. The van der Waals surface area contributed by atoms with Gasteiger partial charge in [0, 0.05) is 42.9 Å². The zero-order valence-electron chi connectivity index (χ0n) is 18.0. The van der Waals surface area contributed by atoms with Gasteiger partial charge in [-0.25, -0.2) is 4.98 Å². The maximum absolute atomic E-state index is 13.0. The second-order valence-corrected chi connectivity index (χ2v) is 9.63. The van der Waals surface area contributed by atoms with Crippen molar-refractivity contribution in [1.29, 1.82) is 0 Å². The third-order valence-corrected chi connectivity index (χ3v) is 6.99. The molecule has 1 aromatic heterocycles. The molecule has 0 atom stereocenters. The van der Waals surface area contributed by atoms with Crippen LogP contribution in [0.2, 0.25) is 0 Å². The average Bonchev–Trinajstić information content (AvgIpc) is 3.41. The molecule has 6 nitrogen and oxygen atoms in total. The minimum absolute atomic E-state index is 0.0398. The van der Waals surface area contributed by atoms with E-state index in [0.717, 1.165) is 59.6 Å². The van der Waals surface area contributed by atoms with Crippen LogP contribution in [0, 0.1) is 12.8 Å². The number of ketones is 2. The number of amides is 1. The Morgan fingerprint density at radius 3 is 2.81 bits per heavy atom. The average molecular weight is 440 g/mol. The third kappa shape index (κ3) is 5.66. The van der Waals surface area contributed by atoms with Crippen molar-refractivity contribution in [3.05, 3.63) is 51.0 Å². The number of carbonyl (C=O) groups excluding carboxylic acids is 3. The highest BCUT2D eigenvalue weighted by atomic mass is 32.1. The molecule has 1 amide bonds. The Morgan fingerprint density at radius 1 is 1.23 bits per heavy atom. The van der Waals surface area contributed by atoms with Gasteiger partial charge in [-0.1, -0.05) is 30.5 Å². The molecule has 31 heavy (non-hydrogen) atoms. The van der Waals surface area contributed by atoms with E-state index in [9.17, 15) is 14.4 Å². The Morgan fingerprint density at radius 2 is 2.03 bits per heavy atom. The summed E-state index contributed by atoms with van der Waals surface area (Å²) in [4.78, 5) is 44.0. The summed E-state index contributed by atoms with van der Waals surface area (Å²) in [6.45, 7) is 4.46. The fourth-order valence-corrected chi connectivity index (χ4v) is 5.30. The lowest BCUT2D eigenvalue weighted by atomic mass is 9.90. The van der Waals surface area contributed by atoms with E-state index in [1.807, 2.05) is 30.5 Å². The maximum Gasteiger partial charge on any atom is 0.234 e. The number of hydrogen-bond acceptors (Lipinski definition) is 6. The van der Waals surface area contributed by atoms with Crippen molar-refractivity contribution in [3.63, 3.8) is 0 Å². The van der Waals surface area contributed by atoms with Gasteiger partial charge in [-0.2, -0.15) is 0 Å². The quantitative estimate of drug-likeness (QED) is 0.640. The van der Waals surface area contributed by atoms with Crippen LogP contribution < -0.4 is 5.32 Å². The first-order chi connectivity index (χ1) is 15.0. The normalized spacial score (nSPS) is 17.6. The molecule has 2 aromatic rings. The number of thiazole rings is 1. The molecule has 7 heteroatoms. The SMILES string of the molecule is Cc1ccc(CC(=O)Cc2nc(CN3CCNC(=O)C3)cs2)c(C(=O)C2CCCC2)c1. The van der Waals surface area contributed by atoms with Crippen LogP contribution >= 0.6 is 11.3 Å². The Hall–Kier alpha value is -2.38. The van der Waals surface area contributed by atoms with Crippen LogP contribution in [0.3, 0.4) is 0 Å². The van der Waals surface area contributed by atoms with Gasteiger partial charge in [0.2, 0.25) is 5.91 Å². The molecule has 4 rings (SSSR count). The summed E-state index contributed by atoms with van der Waals surface area (Å²) in [5.74, 6) is 0.417. The Balaban J connectivity index is 1.38. The molecular formula is C24H29N3O3S. The molecule has 2 heterocycles. The van der Waals surface area contributed by atoms with E-state index in [2.05, 4.69) is 15.2 Å². The minimum Gasteiger partial charge on any atom is -0.354 e. The number of nitrogens with zero attached hydrogens (tertiary/aromatic N) is 2. The molecule has 2 fully saturated rings. The van der Waals surface area contributed by atoms with E-state index < -0.39 is 0 Å². The van der Waals surface area contributed by atoms with E-state index in [1.54, 1.807) is 0 Å². The molecule has 0 unspecified atom stereocenters. The van der Waals surface area contributed by atoms with Gasteiger partial charge in [-0.15, -0.1) is 11.3 Å². The third-order valence-electron chi connectivity index (χ3n) is 6.10. The first-order valence-corrected chi connectivity index (χ1v) is 11.9. The predicted octanol–water partition coefficient (Wildman–Crippen LogP) is 3.11. The second kappa shape index (κ2) is 9.83. The van der Waals surface area contributed by atoms with E-state index in [4.69, 9.17) is 0 Å². The highest BCUT2D eigenvalue weighted by Gasteiger charge is 2.26. The Bertz CT molecular complexity index is 978. The molecule has 1 aliphatic heterocycles. The number of aryl methyl sites for hydroxylation is 1. The number of aromatic nitrogens is 1. The van der Waals surface area contributed by atoms with Crippen LogP contribution in [0.4, 0.5) is 0 Å². The topological polar surface area (TPSA) is 79.4 Å². The van der Waals surface area contributed by atoms with Gasteiger partial charge >= 0.3 is 0 Å². The van der Waals surface area contributed by atoms with Crippen molar-refractivity contribution in [2.75, 3.05) is 19.6 Å². The lowest BCUT2D eigenvalue weighted by Gasteiger charge is -2.25. The highest BCUT2D eigenvalue weighted by molar-refractivity contribution is 7.09. The summed E-state index contributed by atoms with van der Waals surface area (Å²) in [5, 5.41) is 5.58. The Labute approximate surface area is 187 Å². The number of piperazine rings is 1. The van der Waals surface area contributed by atoms with E-state index in [-0.39, 0.29) is 36.2 Å². The van der Waals surface area contributed by atoms with E-state index in [1.165, 1.54) is 11.3 Å². The smallest absolute Gasteiger partial charge is 0.234 e. The van der Waals surface area contributed by atoms with Crippen molar-refractivity contribution in [2.24, 2.45) is 5.92 Å². The van der Waals surface area contributed by atoms with Gasteiger partial charge in [-0.05, 0) is 31.4 Å². The molecule has 1 N–H and O–H groups in total. The molecule has 0 spiro atoms. The van der Waals surface area contributed by atoms with Gasteiger partial charge in [0.05, 0.1) is 18.7 Å². The van der Waals surface area contributed by atoms with Crippen LogP contribution in [-0.2, 0) is 29.0 Å². The summed E-state index contributed by atoms with van der Waals surface area (Å²) in [6.07, 6.45) is 4.68. The fraction of sp³-hybridized carbons (Fsp3) is 0.500. The number of hydrogen-bond donors (Lipinski definition) is 1. The molecule has 0 radical (unpaired) electrons. The summed E-state index contributed by atoms with van der Waals surface area (Å²) in [7, 11) is 0. The van der Waals surface area contributed by atoms with Crippen LogP contribution in [0.25, 0.3) is 0 Å². The van der Waals surface area contributed by atoms with Crippen LogP contribution in [0.1, 0.15) is 57.9 Å². The lowest BCUT2D eigenvalue weighted by Crippen LogP contribution is -2.47. The fourth-order valence-electron chi connectivity index (χ4n) is 4.48. The van der Waals surface area contributed by atoms with Crippen LogP contribution in [0.5, 0.6) is 0 Å². The lowest BCUT2D eigenvalue weighted by molar-refractivity contribution is -0.124. The largest absolute Gasteiger partial charge is 0.354 e. The van der Waals surface area contributed by atoms with Crippen molar-refractivity contribution >= 4 is 28.8 Å². The van der Waals surface area contributed by atoms with Gasteiger partial charge in [0.1, 0.15) is 10.8 Å². The molecule has 2 aliphatic rings. The van der Waals surface area contributed by atoms with Gasteiger partial charge in [-0.3, -0.25) is 19.3 Å². The highest BCUT2D eigenvalue weighted by Crippen LogP contribution is 2.29. The summed E-state index contributed by atoms with van der Waals surface area (Å²) in [6, 6.07) is 5.86. The van der Waals surface area contributed by atoms with Crippen LogP contribution in [0.15, 0.2) is 23.6 Å². The van der Waals surface area contributed by atoms with Gasteiger partial charge < -0.3 is 5.32 Å². The maximum atomic E-state index is 13.0. The van der Waals surface area contributed by atoms with Crippen molar-refractivity contribution in [2.45, 2.75) is 52.0 Å². The second-order valence-electron chi connectivity index (χ2n) is 8.69. The van der Waals surface area contributed by atoms with Gasteiger partial charge in [0.15, 0.2) is 5.78 Å². The number of benzene rings is 1. The van der Waals surface area contributed by atoms with Gasteiger partial charge in [0.25, 0.3) is 0 Å². The zero-order chi connectivity index (χ0) is 21.8. The summed E-state index contributed by atoms with van der Waals surface area (Å²) < 4.78 is 0. The number of Topliss-reactive ketones (excluding diaryl/α,β-unsaturated/α-hetero) is 2. The predicted molar refractivity (Wildman–Crippen MR) is 120 cm³/mol. The molecule has 1 saturated heterocycles. The summed E-state index contributed by atoms with van der Waals surface area (Å²) in [5.41, 5.74) is 3.51. The monoisotopic (exact) mass is 439 g/mol. The number of nitrogens with one attached hydrogen (secondary N) is 1. The Kier molecular flexibility index (Phi) is 6.92. The minimum atomic E-state index is 0.0398. The first-order valence-electron chi connectivity index (χ1n) is 11.1. The summed E-state index contributed by atoms with van der Waals surface area (Å²) >= 11 is 1.49. The molecule has 1 aromatic carbocycles. The van der Waals surface area contributed by atoms with E-state index in [0.29, 0.717) is 19.6 Å². The van der Waals surface area contributed by atoms with Crippen molar-refractivity contribution in [3.8, 4) is 0 Å². The number of carbonyl (C=O) groups is 3. The molecule has 164 valence electrons. The molecule has 0 bridgehead atoms. The van der Waals surface area contributed by atoms with Crippen molar-refractivity contribution < 1.29 is 14.4 Å².